The molecule has 0 radical (unpaired) electrons. The number of nitrogens with one attached hydrogen (secondary N) is 1. The monoisotopic (exact) mass is 333 g/mol. The van der Waals surface area contributed by atoms with Crippen LogP contribution in [0.25, 0.3) is 0 Å². The van der Waals surface area contributed by atoms with Crippen LogP contribution >= 0.6 is 0 Å². The van der Waals surface area contributed by atoms with Crippen molar-refractivity contribution in [3.05, 3.63) is 90.5 Å². The van der Waals surface area contributed by atoms with E-state index in [2.05, 4.69) is 5.32 Å². The number of carbonyl (C=O) groups excluding carboxylic acids is 1. The highest BCUT2D eigenvalue weighted by atomic mass is 16.5. The topological polar surface area (TPSA) is 47.6 Å². The zero-order chi connectivity index (χ0) is 17.3. The van der Waals surface area contributed by atoms with Gasteiger partial charge in [-0.1, -0.05) is 36.4 Å². The molecule has 25 heavy (non-hydrogen) atoms. The third kappa shape index (κ3) is 5.11. The number of carbonyl (C=O) groups is 1. The third-order valence-electron chi connectivity index (χ3n) is 3.51. The van der Waals surface area contributed by atoms with Gasteiger partial charge in [-0.05, 0) is 48.5 Å². The fourth-order valence-electron chi connectivity index (χ4n) is 2.26. The number of ether oxygens (including phenoxy) is 2. The highest BCUT2D eigenvalue weighted by Crippen LogP contribution is 2.16. The number of amides is 1. The number of hydrogen-bond acceptors (Lipinski definition) is 3. The van der Waals surface area contributed by atoms with Crippen LogP contribution in [0.5, 0.6) is 11.5 Å². The van der Waals surface area contributed by atoms with Gasteiger partial charge in [-0.2, -0.15) is 0 Å². The summed E-state index contributed by atoms with van der Waals surface area (Å²) < 4.78 is 11.2. The molecule has 4 heteroatoms. The first-order chi connectivity index (χ1) is 12.3. The molecule has 0 aliphatic heterocycles. The summed E-state index contributed by atoms with van der Waals surface area (Å²) in [5.74, 6) is 1.42. The molecule has 0 heterocycles. The fraction of sp³-hybridized carbons (Fsp3) is 0.0952. The lowest BCUT2D eigenvalue weighted by molar-refractivity contribution is 0.102. The standard InChI is InChI=1S/C21H19NO3/c23-21(17-7-3-1-4-8-17)22-18-11-13-20(14-12-18)25-16-15-24-19-9-5-2-6-10-19/h1-14H,15-16H2,(H,22,23). The van der Waals surface area contributed by atoms with Gasteiger partial charge in [0, 0.05) is 11.3 Å². The van der Waals surface area contributed by atoms with E-state index in [9.17, 15) is 4.79 Å². The van der Waals surface area contributed by atoms with Gasteiger partial charge in [-0.25, -0.2) is 0 Å². The molecule has 4 nitrogen and oxygen atoms in total. The minimum atomic E-state index is -0.134. The predicted molar refractivity (Wildman–Crippen MR) is 98.3 cm³/mol. The van der Waals surface area contributed by atoms with Crippen LogP contribution in [0, 0.1) is 0 Å². The van der Waals surface area contributed by atoms with E-state index < -0.39 is 0 Å². The molecule has 0 spiro atoms. The second kappa shape index (κ2) is 8.55. The molecular weight excluding hydrogens is 314 g/mol. The summed E-state index contributed by atoms with van der Waals surface area (Å²) in [5, 5.41) is 2.86. The van der Waals surface area contributed by atoms with Crippen molar-refractivity contribution in [2.24, 2.45) is 0 Å². The fourth-order valence-corrected chi connectivity index (χ4v) is 2.26. The summed E-state index contributed by atoms with van der Waals surface area (Å²) in [6.07, 6.45) is 0. The Labute approximate surface area is 147 Å². The van der Waals surface area contributed by atoms with Gasteiger partial charge in [0.25, 0.3) is 5.91 Å². The van der Waals surface area contributed by atoms with Crippen molar-refractivity contribution in [3.63, 3.8) is 0 Å². The van der Waals surface area contributed by atoms with Crippen molar-refractivity contribution in [3.8, 4) is 11.5 Å². The average Bonchev–Trinajstić information content (AvgIpc) is 2.68. The van der Waals surface area contributed by atoms with Gasteiger partial charge >= 0.3 is 0 Å². The number of hydrogen-bond donors (Lipinski definition) is 1. The van der Waals surface area contributed by atoms with Gasteiger partial charge in [-0.15, -0.1) is 0 Å². The summed E-state index contributed by atoms with van der Waals surface area (Å²) in [6.45, 7) is 0.918. The van der Waals surface area contributed by atoms with Crippen LogP contribution < -0.4 is 14.8 Å². The molecule has 0 aliphatic rings. The van der Waals surface area contributed by atoms with Crippen molar-refractivity contribution in [1.82, 2.24) is 0 Å². The van der Waals surface area contributed by atoms with Gasteiger partial charge in [0.05, 0.1) is 0 Å². The highest BCUT2D eigenvalue weighted by molar-refractivity contribution is 6.04. The number of para-hydroxylation sites is 1. The van der Waals surface area contributed by atoms with E-state index in [1.54, 1.807) is 12.1 Å². The Morgan fingerprint density at radius 1 is 0.680 bits per heavy atom. The summed E-state index contributed by atoms with van der Waals surface area (Å²) in [5.41, 5.74) is 1.35. The number of rotatable bonds is 7. The first-order valence-corrected chi connectivity index (χ1v) is 8.08. The highest BCUT2D eigenvalue weighted by Gasteiger charge is 2.05. The molecule has 3 aromatic rings. The van der Waals surface area contributed by atoms with Crippen LogP contribution in [0.15, 0.2) is 84.9 Å². The molecule has 126 valence electrons. The van der Waals surface area contributed by atoms with Crippen LogP contribution in [0.2, 0.25) is 0 Å². The SMILES string of the molecule is O=C(Nc1ccc(OCCOc2ccccc2)cc1)c1ccccc1. The van der Waals surface area contributed by atoms with Crippen molar-refractivity contribution >= 4 is 11.6 Å². The van der Waals surface area contributed by atoms with E-state index in [1.165, 1.54) is 0 Å². The molecule has 0 unspecified atom stereocenters. The molecule has 3 rings (SSSR count). The van der Waals surface area contributed by atoms with E-state index in [-0.39, 0.29) is 5.91 Å². The Morgan fingerprint density at radius 2 is 1.20 bits per heavy atom. The molecular formula is C21H19NO3. The van der Waals surface area contributed by atoms with Crippen LogP contribution in [0.1, 0.15) is 10.4 Å². The number of benzene rings is 3. The summed E-state index contributed by atoms with van der Waals surface area (Å²) in [6, 6.07) is 26.0. The summed E-state index contributed by atoms with van der Waals surface area (Å²) in [4.78, 5) is 12.1. The zero-order valence-electron chi connectivity index (χ0n) is 13.7. The zero-order valence-corrected chi connectivity index (χ0v) is 13.7. The molecule has 0 aliphatic carbocycles. The lowest BCUT2D eigenvalue weighted by Crippen LogP contribution is -2.11. The second-order valence-corrected chi connectivity index (χ2v) is 5.35. The smallest absolute Gasteiger partial charge is 0.255 e. The Morgan fingerprint density at radius 3 is 1.80 bits per heavy atom. The molecule has 0 atom stereocenters. The van der Waals surface area contributed by atoms with Crippen molar-refractivity contribution < 1.29 is 14.3 Å². The average molecular weight is 333 g/mol. The Bertz CT molecular complexity index is 786. The molecule has 0 saturated heterocycles. The Balaban J connectivity index is 1.45. The Kier molecular flexibility index (Phi) is 5.67. The van der Waals surface area contributed by atoms with E-state index >= 15 is 0 Å². The second-order valence-electron chi connectivity index (χ2n) is 5.35. The van der Waals surface area contributed by atoms with Gasteiger partial charge in [0.2, 0.25) is 0 Å². The molecule has 0 aromatic heterocycles. The quantitative estimate of drug-likeness (QED) is 0.652. The van der Waals surface area contributed by atoms with E-state index in [4.69, 9.17) is 9.47 Å². The van der Waals surface area contributed by atoms with Gasteiger partial charge in [0.15, 0.2) is 0 Å². The molecule has 1 amide bonds. The van der Waals surface area contributed by atoms with Gasteiger partial charge in [-0.3, -0.25) is 4.79 Å². The lowest BCUT2D eigenvalue weighted by Gasteiger charge is -2.09. The van der Waals surface area contributed by atoms with Crippen LogP contribution in [-0.2, 0) is 0 Å². The molecule has 0 bridgehead atoms. The maximum atomic E-state index is 12.1. The maximum Gasteiger partial charge on any atom is 0.255 e. The van der Waals surface area contributed by atoms with E-state index in [0.717, 1.165) is 17.2 Å². The van der Waals surface area contributed by atoms with E-state index in [0.29, 0.717) is 18.8 Å². The Hall–Kier alpha value is -3.27. The normalized spacial score (nSPS) is 10.1. The predicted octanol–water partition coefficient (Wildman–Crippen LogP) is 4.40. The minimum absolute atomic E-state index is 0.134. The van der Waals surface area contributed by atoms with Crippen molar-refractivity contribution in [1.29, 1.82) is 0 Å². The summed E-state index contributed by atoms with van der Waals surface area (Å²) >= 11 is 0. The maximum absolute atomic E-state index is 12.1. The van der Waals surface area contributed by atoms with Crippen LogP contribution in [0.4, 0.5) is 5.69 Å². The van der Waals surface area contributed by atoms with Crippen molar-refractivity contribution in [2.45, 2.75) is 0 Å². The first kappa shape index (κ1) is 16.6. The molecule has 0 saturated carbocycles. The third-order valence-corrected chi connectivity index (χ3v) is 3.51. The lowest BCUT2D eigenvalue weighted by atomic mass is 10.2. The largest absolute Gasteiger partial charge is 0.490 e. The first-order valence-electron chi connectivity index (χ1n) is 8.08. The van der Waals surface area contributed by atoms with Gasteiger partial charge < -0.3 is 14.8 Å². The van der Waals surface area contributed by atoms with E-state index in [1.807, 2.05) is 72.8 Å². The van der Waals surface area contributed by atoms with Crippen LogP contribution in [-0.4, -0.2) is 19.1 Å². The summed E-state index contributed by atoms with van der Waals surface area (Å²) in [7, 11) is 0. The van der Waals surface area contributed by atoms with Gasteiger partial charge in [0.1, 0.15) is 24.7 Å². The minimum Gasteiger partial charge on any atom is -0.490 e. The van der Waals surface area contributed by atoms with Crippen molar-refractivity contribution in [2.75, 3.05) is 18.5 Å². The molecule has 3 aromatic carbocycles. The number of anilines is 1. The van der Waals surface area contributed by atoms with Crippen LogP contribution in [0.3, 0.4) is 0 Å². The molecule has 1 N–H and O–H groups in total. The molecule has 0 fully saturated rings.